The molecule has 0 bridgehead atoms. The van der Waals surface area contributed by atoms with Gasteiger partial charge in [0.2, 0.25) is 5.76 Å². The summed E-state index contributed by atoms with van der Waals surface area (Å²) in [5.74, 6) is -2.20. The maximum Gasteiger partial charge on any atom is 0.379 e. The minimum Gasteiger partial charge on any atom is -0.493 e. The summed E-state index contributed by atoms with van der Waals surface area (Å²) in [5.41, 5.74) is 2.86. The van der Waals surface area contributed by atoms with Crippen molar-refractivity contribution in [3.63, 3.8) is 0 Å². The van der Waals surface area contributed by atoms with Crippen LogP contribution in [0.25, 0.3) is 0 Å². The molecular weight excluding hydrogens is 461 g/mol. The first kappa shape index (κ1) is 22.9. The number of hydrogen-bond donors (Lipinski definition) is 2. The third kappa shape index (κ3) is 6.10. The number of esters is 1. The van der Waals surface area contributed by atoms with E-state index in [2.05, 4.69) is 15.8 Å². The molecule has 2 amide bonds. The molecular formula is C21H15Cl2N3O6. The average Bonchev–Trinajstić information content (AvgIpc) is 3.29. The van der Waals surface area contributed by atoms with Crippen LogP contribution >= 0.6 is 23.2 Å². The smallest absolute Gasteiger partial charge is 0.379 e. The third-order valence-electron chi connectivity index (χ3n) is 3.82. The number of nitrogens with one attached hydrogen (secondary N) is 2. The summed E-state index contributed by atoms with van der Waals surface area (Å²) in [7, 11) is 1.40. The molecule has 0 saturated heterocycles. The highest BCUT2D eigenvalue weighted by Crippen LogP contribution is 2.28. The Morgan fingerprint density at radius 3 is 2.41 bits per heavy atom. The number of carbonyl (C=O) groups excluding carboxylic acids is 3. The fourth-order valence-corrected chi connectivity index (χ4v) is 2.95. The number of hydrogen-bond acceptors (Lipinski definition) is 7. The summed E-state index contributed by atoms with van der Waals surface area (Å²) >= 11 is 11.7. The Kier molecular flexibility index (Phi) is 7.48. The van der Waals surface area contributed by atoms with Crippen LogP contribution in [0.3, 0.4) is 0 Å². The highest BCUT2D eigenvalue weighted by molar-refractivity contribution is 6.40. The van der Waals surface area contributed by atoms with Gasteiger partial charge in [0.1, 0.15) is 0 Å². The van der Waals surface area contributed by atoms with E-state index in [-0.39, 0.29) is 22.9 Å². The largest absolute Gasteiger partial charge is 0.493 e. The zero-order valence-electron chi connectivity index (χ0n) is 16.4. The number of anilines is 1. The van der Waals surface area contributed by atoms with Gasteiger partial charge < -0.3 is 19.2 Å². The Morgan fingerprint density at radius 1 is 1.00 bits per heavy atom. The van der Waals surface area contributed by atoms with E-state index in [4.69, 9.17) is 37.1 Å². The van der Waals surface area contributed by atoms with Crippen LogP contribution in [-0.4, -0.2) is 31.1 Å². The maximum atomic E-state index is 12.0. The molecule has 0 saturated carbocycles. The second-order valence-electron chi connectivity index (χ2n) is 6.09. The molecule has 0 radical (unpaired) electrons. The van der Waals surface area contributed by atoms with Gasteiger partial charge in [0.15, 0.2) is 11.5 Å². The first-order chi connectivity index (χ1) is 15.4. The number of methoxy groups -OCH3 is 1. The standard InChI is InChI=1S/C21H15Cl2N3O6/c1-30-18-7-12(4-5-16(18)32-21(29)17-3-2-6-31-17)11-24-26-20(28)19(27)25-15-9-13(22)8-14(23)10-15/h2-11H,1H3,(H,25,27)(H,26,28)/b24-11+. The van der Waals surface area contributed by atoms with Gasteiger partial charge in [-0.05, 0) is 54.1 Å². The van der Waals surface area contributed by atoms with E-state index < -0.39 is 17.8 Å². The summed E-state index contributed by atoms with van der Waals surface area (Å²) in [6, 6.07) is 12.0. The Morgan fingerprint density at radius 2 is 1.75 bits per heavy atom. The Balaban J connectivity index is 1.60. The fourth-order valence-electron chi connectivity index (χ4n) is 2.42. The zero-order chi connectivity index (χ0) is 23.1. The quantitative estimate of drug-likeness (QED) is 0.183. The van der Waals surface area contributed by atoms with Crippen LogP contribution in [0.15, 0.2) is 64.3 Å². The van der Waals surface area contributed by atoms with E-state index in [1.807, 2.05) is 0 Å². The van der Waals surface area contributed by atoms with E-state index in [1.54, 1.807) is 12.1 Å². The number of halogens is 2. The molecule has 0 unspecified atom stereocenters. The predicted octanol–water partition coefficient (Wildman–Crippen LogP) is 3.90. The summed E-state index contributed by atoms with van der Waals surface area (Å²) in [6.07, 6.45) is 2.63. The van der Waals surface area contributed by atoms with E-state index in [9.17, 15) is 14.4 Å². The molecule has 3 rings (SSSR count). The lowest BCUT2D eigenvalue weighted by molar-refractivity contribution is -0.136. The monoisotopic (exact) mass is 475 g/mol. The van der Waals surface area contributed by atoms with Gasteiger partial charge in [-0.3, -0.25) is 9.59 Å². The maximum absolute atomic E-state index is 12.0. The van der Waals surface area contributed by atoms with Gasteiger partial charge in [-0.1, -0.05) is 23.2 Å². The molecule has 9 nitrogen and oxygen atoms in total. The van der Waals surface area contributed by atoms with Crippen molar-refractivity contribution in [3.05, 3.63) is 76.2 Å². The van der Waals surface area contributed by atoms with Gasteiger partial charge in [0.25, 0.3) is 0 Å². The molecule has 0 atom stereocenters. The van der Waals surface area contributed by atoms with Crippen molar-refractivity contribution in [3.8, 4) is 11.5 Å². The molecule has 0 aliphatic carbocycles. The first-order valence-electron chi connectivity index (χ1n) is 8.90. The van der Waals surface area contributed by atoms with Gasteiger partial charge in [0, 0.05) is 15.7 Å². The molecule has 1 aromatic heterocycles. The van der Waals surface area contributed by atoms with E-state index >= 15 is 0 Å². The third-order valence-corrected chi connectivity index (χ3v) is 4.26. The lowest BCUT2D eigenvalue weighted by atomic mass is 10.2. The second kappa shape index (κ2) is 10.5. The molecule has 0 aliphatic rings. The highest BCUT2D eigenvalue weighted by atomic mass is 35.5. The van der Waals surface area contributed by atoms with E-state index in [0.717, 1.165) is 0 Å². The molecule has 11 heteroatoms. The Bertz CT molecular complexity index is 1160. The van der Waals surface area contributed by atoms with E-state index in [1.165, 1.54) is 56.0 Å². The van der Waals surface area contributed by atoms with Crippen LogP contribution in [0.5, 0.6) is 11.5 Å². The number of ether oxygens (including phenoxy) is 2. The number of furan rings is 1. The molecule has 2 N–H and O–H groups in total. The molecule has 0 spiro atoms. The molecule has 32 heavy (non-hydrogen) atoms. The van der Waals surface area contributed by atoms with Crippen molar-refractivity contribution in [1.82, 2.24) is 5.43 Å². The van der Waals surface area contributed by atoms with Crippen molar-refractivity contribution in [2.24, 2.45) is 5.10 Å². The van der Waals surface area contributed by atoms with Crippen LogP contribution in [0.1, 0.15) is 16.1 Å². The molecule has 164 valence electrons. The molecule has 0 fully saturated rings. The minimum absolute atomic E-state index is 0.0405. The van der Waals surface area contributed by atoms with Gasteiger partial charge in [-0.25, -0.2) is 10.2 Å². The Hall–Kier alpha value is -3.82. The minimum atomic E-state index is -1.01. The lowest BCUT2D eigenvalue weighted by Gasteiger charge is -2.09. The van der Waals surface area contributed by atoms with E-state index in [0.29, 0.717) is 15.6 Å². The number of amides is 2. The van der Waals surface area contributed by atoms with Crippen molar-refractivity contribution in [2.75, 3.05) is 12.4 Å². The molecule has 2 aromatic carbocycles. The molecule has 0 aliphatic heterocycles. The van der Waals surface area contributed by atoms with Crippen molar-refractivity contribution in [2.45, 2.75) is 0 Å². The van der Waals surface area contributed by atoms with Crippen molar-refractivity contribution >= 4 is 52.9 Å². The van der Waals surface area contributed by atoms with Crippen molar-refractivity contribution in [1.29, 1.82) is 0 Å². The first-order valence-corrected chi connectivity index (χ1v) is 9.65. The van der Waals surface area contributed by atoms with Gasteiger partial charge in [-0.2, -0.15) is 5.10 Å². The van der Waals surface area contributed by atoms with Crippen LogP contribution in [0, 0.1) is 0 Å². The highest BCUT2D eigenvalue weighted by Gasteiger charge is 2.16. The summed E-state index contributed by atoms with van der Waals surface area (Å²) in [6.45, 7) is 0. The zero-order valence-corrected chi connectivity index (χ0v) is 17.9. The predicted molar refractivity (Wildman–Crippen MR) is 117 cm³/mol. The SMILES string of the molecule is COc1cc(/C=N/NC(=O)C(=O)Nc2cc(Cl)cc(Cl)c2)ccc1OC(=O)c1ccco1. The molecule has 3 aromatic rings. The number of nitrogens with zero attached hydrogens (tertiary/aromatic N) is 1. The molecule has 1 heterocycles. The van der Waals surface area contributed by atoms with Crippen molar-refractivity contribution < 1.29 is 28.3 Å². The summed E-state index contributed by atoms with van der Waals surface area (Å²) in [5, 5.41) is 6.70. The Labute approximate surface area is 191 Å². The topological polar surface area (TPSA) is 119 Å². The van der Waals surface area contributed by atoms with Crippen LogP contribution in [0.2, 0.25) is 10.0 Å². The normalized spacial score (nSPS) is 10.6. The number of carbonyl (C=O) groups is 3. The van der Waals surface area contributed by atoms with Crippen LogP contribution in [-0.2, 0) is 9.59 Å². The lowest BCUT2D eigenvalue weighted by Crippen LogP contribution is -2.32. The summed E-state index contributed by atoms with van der Waals surface area (Å²) in [4.78, 5) is 35.9. The van der Waals surface area contributed by atoms with Gasteiger partial charge in [0.05, 0.1) is 19.6 Å². The second-order valence-corrected chi connectivity index (χ2v) is 6.96. The fraction of sp³-hybridized carbons (Fsp3) is 0.0476. The van der Waals surface area contributed by atoms with Crippen LogP contribution < -0.4 is 20.2 Å². The van der Waals surface area contributed by atoms with Gasteiger partial charge in [-0.15, -0.1) is 0 Å². The summed E-state index contributed by atoms with van der Waals surface area (Å²) < 4.78 is 15.4. The average molecular weight is 476 g/mol. The van der Waals surface area contributed by atoms with Crippen LogP contribution in [0.4, 0.5) is 5.69 Å². The van der Waals surface area contributed by atoms with Gasteiger partial charge >= 0.3 is 17.8 Å². The number of rotatable bonds is 6. The number of hydrazone groups is 1. The number of benzene rings is 2.